The molecule has 1 aromatic heterocycles. The summed E-state index contributed by atoms with van der Waals surface area (Å²) in [7, 11) is -3.73. The minimum Gasteiger partial charge on any atom is -0.343 e. The Morgan fingerprint density at radius 1 is 1.00 bits per heavy atom. The second-order valence-corrected chi connectivity index (χ2v) is 10.0. The lowest BCUT2D eigenvalue weighted by Gasteiger charge is -2.26. The van der Waals surface area contributed by atoms with Gasteiger partial charge in [-0.1, -0.05) is 18.2 Å². The fraction of sp³-hybridized carbons (Fsp3) is 0.400. The quantitative estimate of drug-likeness (QED) is 0.670. The molecule has 1 unspecified atom stereocenters. The van der Waals surface area contributed by atoms with Crippen LogP contribution in [-0.4, -0.2) is 59.4 Å². The lowest BCUT2D eigenvalue weighted by Crippen LogP contribution is -2.34. The minimum absolute atomic E-state index is 0.00222. The van der Waals surface area contributed by atoms with Crippen LogP contribution in [0.15, 0.2) is 53.6 Å². The highest BCUT2D eigenvalue weighted by Gasteiger charge is 2.36. The Labute approximate surface area is 174 Å². The van der Waals surface area contributed by atoms with Crippen LogP contribution in [0.2, 0.25) is 0 Å². The highest BCUT2D eigenvalue weighted by atomic mass is 32.2. The third kappa shape index (κ3) is 3.93. The van der Waals surface area contributed by atoms with Gasteiger partial charge in [-0.25, -0.2) is 12.4 Å². The Bertz CT molecular complexity index is 1000. The molecule has 3 heterocycles. The standard InChI is InChI=1S/C20H23N3O4S2/c24-18-10-5-11-21(18)12-6-13-22-19(25)15-28-20(22)17-9-4-14-23(17)29(26,27)16-7-2-1-3-8-16/h1-4,7-9,14,20H,5-6,10-13,15H2. The fourth-order valence-corrected chi connectivity index (χ4v) is 6.50. The maximum Gasteiger partial charge on any atom is 0.267 e. The van der Waals surface area contributed by atoms with Gasteiger partial charge in [0.15, 0.2) is 0 Å². The zero-order chi connectivity index (χ0) is 20.4. The van der Waals surface area contributed by atoms with E-state index in [0.29, 0.717) is 37.4 Å². The van der Waals surface area contributed by atoms with Gasteiger partial charge in [0, 0.05) is 32.3 Å². The van der Waals surface area contributed by atoms with Gasteiger partial charge in [0.1, 0.15) is 5.37 Å². The van der Waals surface area contributed by atoms with E-state index in [1.165, 1.54) is 21.9 Å². The summed E-state index contributed by atoms with van der Waals surface area (Å²) in [6, 6.07) is 11.7. The van der Waals surface area contributed by atoms with Crippen molar-refractivity contribution in [2.75, 3.05) is 25.4 Å². The van der Waals surface area contributed by atoms with E-state index in [9.17, 15) is 18.0 Å². The maximum atomic E-state index is 13.1. The first-order chi connectivity index (χ1) is 14.0. The molecule has 0 spiro atoms. The number of carbonyl (C=O) groups is 2. The van der Waals surface area contributed by atoms with Crippen molar-refractivity contribution >= 4 is 33.6 Å². The number of amides is 2. The van der Waals surface area contributed by atoms with Gasteiger partial charge in [-0.15, -0.1) is 11.8 Å². The van der Waals surface area contributed by atoms with E-state index in [4.69, 9.17) is 0 Å². The second-order valence-electron chi connectivity index (χ2n) is 7.14. The molecule has 7 nitrogen and oxygen atoms in total. The highest BCUT2D eigenvalue weighted by molar-refractivity contribution is 8.00. The lowest BCUT2D eigenvalue weighted by molar-refractivity contribution is -0.128. The molecule has 2 amide bonds. The molecule has 2 fully saturated rings. The topological polar surface area (TPSA) is 79.7 Å². The first-order valence-electron chi connectivity index (χ1n) is 9.65. The van der Waals surface area contributed by atoms with Crippen molar-refractivity contribution in [3.63, 3.8) is 0 Å². The maximum absolute atomic E-state index is 13.1. The van der Waals surface area contributed by atoms with Crippen LogP contribution in [-0.2, 0) is 19.6 Å². The van der Waals surface area contributed by atoms with Gasteiger partial charge in [-0.3, -0.25) is 9.59 Å². The molecule has 4 rings (SSSR count). The molecule has 0 bridgehead atoms. The third-order valence-corrected chi connectivity index (χ3v) is 8.21. The van der Waals surface area contributed by atoms with Crippen LogP contribution in [0, 0.1) is 0 Å². The number of aromatic nitrogens is 1. The highest BCUT2D eigenvalue weighted by Crippen LogP contribution is 2.39. The molecule has 9 heteroatoms. The molecule has 154 valence electrons. The first kappa shape index (κ1) is 20.0. The summed E-state index contributed by atoms with van der Waals surface area (Å²) in [5.41, 5.74) is 0.571. The molecular formula is C20H23N3O4S2. The van der Waals surface area contributed by atoms with E-state index < -0.39 is 10.0 Å². The van der Waals surface area contributed by atoms with E-state index >= 15 is 0 Å². The molecule has 0 N–H and O–H groups in total. The zero-order valence-corrected chi connectivity index (χ0v) is 17.6. The van der Waals surface area contributed by atoms with Crippen molar-refractivity contribution in [3.05, 3.63) is 54.4 Å². The van der Waals surface area contributed by atoms with Crippen molar-refractivity contribution in [1.82, 2.24) is 13.8 Å². The van der Waals surface area contributed by atoms with Crippen molar-refractivity contribution in [2.45, 2.75) is 29.5 Å². The molecule has 2 aliphatic rings. The average Bonchev–Trinajstić information content (AvgIpc) is 3.44. The first-order valence-corrected chi connectivity index (χ1v) is 12.1. The third-order valence-electron chi connectivity index (χ3n) is 5.26. The second kappa shape index (κ2) is 8.23. The Kier molecular flexibility index (Phi) is 5.69. The molecule has 0 saturated carbocycles. The van der Waals surface area contributed by atoms with Gasteiger partial charge < -0.3 is 9.80 Å². The van der Waals surface area contributed by atoms with Crippen LogP contribution in [0.3, 0.4) is 0 Å². The van der Waals surface area contributed by atoms with Crippen LogP contribution in [0.1, 0.15) is 30.3 Å². The van der Waals surface area contributed by atoms with Gasteiger partial charge in [-0.05, 0) is 37.1 Å². The van der Waals surface area contributed by atoms with Crippen LogP contribution in [0.25, 0.3) is 0 Å². The van der Waals surface area contributed by atoms with Gasteiger partial charge >= 0.3 is 0 Å². The summed E-state index contributed by atoms with van der Waals surface area (Å²) in [5.74, 6) is 0.494. The molecule has 29 heavy (non-hydrogen) atoms. The van der Waals surface area contributed by atoms with E-state index in [1.807, 2.05) is 4.90 Å². The Balaban J connectivity index is 1.53. The molecule has 2 saturated heterocycles. The number of carbonyl (C=O) groups excluding carboxylic acids is 2. The SMILES string of the molecule is O=C1CCCN1CCCN1C(=O)CSC1c1cccn1S(=O)(=O)c1ccccc1. The number of likely N-dealkylation sites (tertiary alicyclic amines) is 1. The summed E-state index contributed by atoms with van der Waals surface area (Å²) in [5, 5.41) is -0.356. The van der Waals surface area contributed by atoms with Gasteiger partial charge in [0.05, 0.1) is 16.3 Å². The van der Waals surface area contributed by atoms with Crippen LogP contribution in [0.4, 0.5) is 0 Å². The van der Waals surface area contributed by atoms with Gasteiger partial charge in [0.25, 0.3) is 10.0 Å². The van der Waals surface area contributed by atoms with E-state index in [-0.39, 0.29) is 22.1 Å². The summed E-state index contributed by atoms with van der Waals surface area (Å²) in [6.45, 7) is 1.91. The minimum atomic E-state index is -3.73. The molecule has 0 aliphatic carbocycles. The molecule has 1 aromatic carbocycles. The molecule has 2 aromatic rings. The van der Waals surface area contributed by atoms with Crippen molar-refractivity contribution in [2.24, 2.45) is 0 Å². The Morgan fingerprint density at radius 2 is 1.79 bits per heavy atom. The van der Waals surface area contributed by atoms with Crippen molar-refractivity contribution in [1.29, 1.82) is 0 Å². The number of nitrogens with zero attached hydrogens (tertiary/aromatic N) is 3. The van der Waals surface area contributed by atoms with E-state index in [1.54, 1.807) is 47.4 Å². The van der Waals surface area contributed by atoms with Crippen molar-refractivity contribution in [3.8, 4) is 0 Å². The van der Waals surface area contributed by atoms with E-state index in [0.717, 1.165) is 13.0 Å². The monoisotopic (exact) mass is 433 g/mol. The smallest absolute Gasteiger partial charge is 0.267 e. The number of thioether (sulfide) groups is 1. The van der Waals surface area contributed by atoms with Crippen molar-refractivity contribution < 1.29 is 18.0 Å². The number of benzene rings is 1. The van der Waals surface area contributed by atoms with Crippen LogP contribution >= 0.6 is 11.8 Å². The van der Waals surface area contributed by atoms with E-state index in [2.05, 4.69) is 0 Å². The predicted octanol–water partition coefficient (Wildman–Crippen LogP) is 2.31. The normalized spacial score (nSPS) is 20.1. The van der Waals surface area contributed by atoms with Gasteiger partial charge in [-0.2, -0.15) is 0 Å². The molecule has 0 radical (unpaired) electrons. The molecular weight excluding hydrogens is 410 g/mol. The molecule has 1 atom stereocenters. The number of hydrogen-bond donors (Lipinski definition) is 0. The summed E-state index contributed by atoms with van der Waals surface area (Å²) >= 11 is 1.44. The average molecular weight is 434 g/mol. The summed E-state index contributed by atoms with van der Waals surface area (Å²) in [6.07, 6.45) is 3.71. The van der Waals surface area contributed by atoms with Gasteiger partial charge in [0.2, 0.25) is 11.8 Å². The van der Waals surface area contributed by atoms with Crippen LogP contribution < -0.4 is 0 Å². The largest absolute Gasteiger partial charge is 0.343 e. The van der Waals surface area contributed by atoms with Crippen LogP contribution in [0.5, 0.6) is 0 Å². The lowest BCUT2D eigenvalue weighted by atomic mass is 10.3. The summed E-state index contributed by atoms with van der Waals surface area (Å²) < 4.78 is 27.5. The zero-order valence-electron chi connectivity index (χ0n) is 15.9. The number of hydrogen-bond acceptors (Lipinski definition) is 5. The fourth-order valence-electron chi connectivity index (χ4n) is 3.81. The summed E-state index contributed by atoms with van der Waals surface area (Å²) in [4.78, 5) is 28.0. The Hall–Kier alpha value is -2.26. The molecule has 2 aliphatic heterocycles. The predicted molar refractivity (Wildman–Crippen MR) is 111 cm³/mol. The Morgan fingerprint density at radius 3 is 2.52 bits per heavy atom. The number of rotatable bonds is 7.